The Kier molecular flexibility index (Phi) is 6.35. The van der Waals surface area contributed by atoms with Gasteiger partial charge in [0.15, 0.2) is 17.2 Å². The summed E-state index contributed by atoms with van der Waals surface area (Å²) in [5, 5.41) is 39.6. The second kappa shape index (κ2) is 8.66. The molecule has 2 aromatic rings. The zero-order valence-corrected chi connectivity index (χ0v) is 16.4. The lowest BCUT2D eigenvalue weighted by Crippen LogP contribution is -2.45. The maximum absolute atomic E-state index is 12.7. The van der Waals surface area contributed by atoms with E-state index >= 15 is 0 Å². The van der Waals surface area contributed by atoms with Crippen LogP contribution in [-0.2, 0) is 10.9 Å². The summed E-state index contributed by atoms with van der Waals surface area (Å²) in [7, 11) is 0. The quantitative estimate of drug-likeness (QED) is 0.530. The highest BCUT2D eigenvalue weighted by Gasteiger charge is 2.40. The minimum absolute atomic E-state index is 0.246. The molecular formula is C21H21F3N2O5. The highest BCUT2D eigenvalue weighted by molar-refractivity contribution is 5.60. The summed E-state index contributed by atoms with van der Waals surface area (Å²) in [4.78, 5) is 7.24. The van der Waals surface area contributed by atoms with Crippen LogP contribution in [0.4, 0.5) is 13.2 Å². The predicted molar refractivity (Wildman–Crippen MR) is 104 cm³/mol. The van der Waals surface area contributed by atoms with Crippen molar-refractivity contribution in [3.8, 4) is 11.3 Å². The molecule has 1 aliphatic rings. The first-order valence-corrected chi connectivity index (χ1v) is 9.27. The number of ether oxygens (including phenoxy) is 1. The van der Waals surface area contributed by atoms with Gasteiger partial charge >= 0.3 is 6.18 Å². The van der Waals surface area contributed by atoms with Gasteiger partial charge in [0.2, 0.25) is 0 Å². The van der Waals surface area contributed by atoms with Gasteiger partial charge in [-0.05, 0) is 24.1 Å². The lowest BCUT2D eigenvalue weighted by atomic mass is 9.86. The summed E-state index contributed by atoms with van der Waals surface area (Å²) in [5.41, 5.74) is 1.02. The molecule has 0 fully saturated rings. The molecule has 10 heteroatoms. The molecule has 166 valence electrons. The summed E-state index contributed by atoms with van der Waals surface area (Å²) in [5.74, 6) is -1.91. The third kappa shape index (κ3) is 4.41. The molecule has 1 aromatic carbocycles. The maximum Gasteiger partial charge on any atom is 0.434 e. The SMILES string of the molecule is C=C[C@H](c1ccc(-c2cnc(C(F)(F)F)cn2)cc1C)[C@H]1OC(CO)[C@@H](O)C(O)=C1O. The van der Waals surface area contributed by atoms with Crippen molar-refractivity contribution in [3.05, 3.63) is 71.6 Å². The number of alkyl halides is 3. The van der Waals surface area contributed by atoms with Crippen molar-refractivity contribution in [3.63, 3.8) is 0 Å². The Morgan fingerprint density at radius 3 is 2.42 bits per heavy atom. The molecule has 0 amide bonds. The van der Waals surface area contributed by atoms with Crippen molar-refractivity contribution in [2.45, 2.75) is 37.3 Å². The van der Waals surface area contributed by atoms with Crippen molar-refractivity contribution in [1.82, 2.24) is 9.97 Å². The molecule has 0 saturated heterocycles. The summed E-state index contributed by atoms with van der Waals surface area (Å²) in [6.07, 6.45) is -5.20. The van der Waals surface area contributed by atoms with Crippen LogP contribution in [0, 0.1) is 6.92 Å². The highest BCUT2D eigenvalue weighted by Crippen LogP contribution is 2.36. The van der Waals surface area contributed by atoms with Gasteiger partial charge in [-0.3, -0.25) is 4.98 Å². The number of aryl methyl sites for hydroxylation is 1. The molecule has 4 N–H and O–H groups in total. The molecule has 31 heavy (non-hydrogen) atoms. The van der Waals surface area contributed by atoms with E-state index in [2.05, 4.69) is 16.5 Å². The Morgan fingerprint density at radius 2 is 1.90 bits per heavy atom. The van der Waals surface area contributed by atoms with E-state index in [1.807, 2.05) is 0 Å². The smallest absolute Gasteiger partial charge is 0.434 e. The Hall–Kier alpha value is -2.95. The molecule has 3 rings (SSSR count). The van der Waals surface area contributed by atoms with Crippen LogP contribution in [0.5, 0.6) is 0 Å². The van der Waals surface area contributed by atoms with Gasteiger partial charge in [0.1, 0.15) is 18.3 Å². The Labute approximate surface area is 175 Å². The molecule has 1 aromatic heterocycles. The maximum atomic E-state index is 12.7. The van der Waals surface area contributed by atoms with E-state index in [9.17, 15) is 33.6 Å². The minimum Gasteiger partial charge on any atom is -0.506 e. The fraction of sp³-hybridized carbons (Fsp3) is 0.333. The van der Waals surface area contributed by atoms with E-state index in [1.165, 1.54) is 6.08 Å². The summed E-state index contributed by atoms with van der Waals surface area (Å²) in [6, 6.07) is 4.98. The Bertz CT molecular complexity index is 991. The van der Waals surface area contributed by atoms with Crippen LogP contribution in [-0.4, -0.2) is 55.3 Å². The Morgan fingerprint density at radius 1 is 1.19 bits per heavy atom. The fourth-order valence-corrected chi connectivity index (χ4v) is 3.44. The fourth-order valence-electron chi connectivity index (χ4n) is 3.44. The second-order valence-electron chi connectivity index (χ2n) is 7.11. The summed E-state index contributed by atoms with van der Waals surface area (Å²) >= 11 is 0. The first-order valence-electron chi connectivity index (χ1n) is 9.27. The van der Waals surface area contributed by atoms with Crippen LogP contribution in [0.15, 0.2) is 54.8 Å². The van der Waals surface area contributed by atoms with Crippen LogP contribution in [0.3, 0.4) is 0 Å². The molecule has 0 bridgehead atoms. The van der Waals surface area contributed by atoms with Crippen LogP contribution in [0.1, 0.15) is 22.7 Å². The zero-order valence-electron chi connectivity index (χ0n) is 16.4. The average Bonchev–Trinajstić information content (AvgIpc) is 2.74. The number of aromatic nitrogens is 2. The van der Waals surface area contributed by atoms with Crippen molar-refractivity contribution in [1.29, 1.82) is 0 Å². The van der Waals surface area contributed by atoms with Crippen LogP contribution >= 0.6 is 0 Å². The third-order valence-corrected chi connectivity index (χ3v) is 5.11. The van der Waals surface area contributed by atoms with Gasteiger partial charge < -0.3 is 25.2 Å². The highest BCUT2D eigenvalue weighted by atomic mass is 19.4. The van der Waals surface area contributed by atoms with E-state index in [0.717, 1.165) is 6.20 Å². The van der Waals surface area contributed by atoms with E-state index < -0.39 is 54.2 Å². The summed E-state index contributed by atoms with van der Waals surface area (Å²) in [6.45, 7) is 4.91. The molecular weight excluding hydrogens is 417 g/mol. The van der Waals surface area contributed by atoms with Gasteiger partial charge in [0.25, 0.3) is 0 Å². The molecule has 0 aliphatic carbocycles. The normalized spacial score (nSPS) is 23.0. The van der Waals surface area contributed by atoms with Gasteiger partial charge in [0, 0.05) is 11.5 Å². The minimum atomic E-state index is -4.58. The molecule has 1 unspecified atom stereocenters. The van der Waals surface area contributed by atoms with Crippen LogP contribution in [0.2, 0.25) is 0 Å². The molecule has 2 heterocycles. The molecule has 1 aliphatic heterocycles. The van der Waals surface area contributed by atoms with Crippen molar-refractivity contribution in [2.24, 2.45) is 0 Å². The predicted octanol–water partition coefficient (Wildman–Crippen LogP) is 3.19. The van der Waals surface area contributed by atoms with Crippen molar-refractivity contribution >= 4 is 0 Å². The molecule has 0 saturated carbocycles. The average molecular weight is 438 g/mol. The standard InChI is InChI=1S/C21H21F3N2O5/c1-3-12(20-19(30)18(29)17(28)15(9-27)31-20)13-5-4-11(6-10(13)2)14-7-26-16(8-25-14)21(22,23)24/h3-8,12,15,17,20,27-30H,1,9H2,2H3/t12-,15?,17-,20-/m1/s1. The lowest BCUT2D eigenvalue weighted by Gasteiger charge is -2.35. The van der Waals surface area contributed by atoms with Gasteiger partial charge in [-0.1, -0.05) is 18.2 Å². The summed E-state index contributed by atoms with van der Waals surface area (Å²) < 4.78 is 43.6. The topological polar surface area (TPSA) is 116 Å². The number of benzene rings is 1. The second-order valence-corrected chi connectivity index (χ2v) is 7.11. The van der Waals surface area contributed by atoms with Crippen molar-refractivity contribution < 1.29 is 38.3 Å². The van der Waals surface area contributed by atoms with Gasteiger partial charge in [-0.25, -0.2) is 4.98 Å². The monoisotopic (exact) mass is 438 g/mol. The van der Waals surface area contributed by atoms with Crippen LogP contribution in [0.25, 0.3) is 11.3 Å². The van der Waals surface area contributed by atoms with Gasteiger partial charge in [-0.2, -0.15) is 13.2 Å². The van der Waals surface area contributed by atoms with Gasteiger partial charge in [0.05, 0.1) is 24.7 Å². The van der Waals surface area contributed by atoms with E-state index in [-0.39, 0.29) is 5.69 Å². The number of aliphatic hydroxyl groups excluding tert-OH is 4. The number of hydrogen-bond donors (Lipinski definition) is 4. The Balaban J connectivity index is 1.93. The van der Waals surface area contributed by atoms with E-state index in [4.69, 9.17) is 4.74 Å². The third-order valence-electron chi connectivity index (χ3n) is 5.11. The molecule has 7 nitrogen and oxygen atoms in total. The first kappa shape index (κ1) is 22.7. The number of rotatable bonds is 5. The molecule has 0 radical (unpaired) electrons. The molecule has 4 atom stereocenters. The van der Waals surface area contributed by atoms with Crippen molar-refractivity contribution in [2.75, 3.05) is 6.61 Å². The van der Waals surface area contributed by atoms with E-state index in [1.54, 1.807) is 25.1 Å². The number of nitrogens with zero attached hydrogens (tertiary/aromatic N) is 2. The number of halogens is 3. The zero-order chi connectivity index (χ0) is 22.9. The largest absolute Gasteiger partial charge is 0.506 e. The first-order chi connectivity index (χ1) is 14.6. The van der Waals surface area contributed by atoms with Gasteiger partial charge in [-0.15, -0.1) is 6.58 Å². The lowest BCUT2D eigenvalue weighted by molar-refractivity contribution is -0.141. The number of aliphatic hydroxyl groups is 4. The number of hydrogen-bond acceptors (Lipinski definition) is 7. The van der Waals surface area contributed by atoms with Crippen LogP contribution < -0.4 is 0 Å². The van der Waals surface area contributed by atoms with E-state index in [0.29, 0.717) is 22.9 Å². The molecule has 0 spiro atoms.